The van der Waals surface area contributed by atoms with Gasteiger partial charge in [-0.1, -0.05) is 6.58 Å². The Morgan fingerprint density at radius 1 is 1.41 bits per heavy atom. The number of likely N-dealkylation sites (tertiary alicyclic amines) is 1. The molecule has 116 valence electrons. The quantitative estimate of drug-likeness (QED) is 0.769. The Hall–Kier alpha value is -1.76. The molecule has 1 atom stereocenters. The summed E-state index contributed by atoms with van der Waals surface area (Å²) in [4.78, 5) is 22.3. The van der Waals surface area contributed by atoms with Gasteiger partial charge in [0.25, 0.3) is 0 Å². The van der Waals surface area contributed by atoms with E-state index < -0.39 is 0 Å². The molecule has 1 amide bonds. The summed E-state index contributed by atoms with van der Waals surface area (Å²) in [6.45, 7) is 7.02. The maximum Gasteiger partial charge on any atom is 0.245 e. The number of nitrogens with zero attached hydrogens (tertiary/aromatic N) is 5. The van der Waals surface area contributed by atoms with E-state index in [0.717, 1.165) is 53.7 Å². The Morgan fingerprint density at radius 2 is 2.23 bits per heavy atom. The van der Waals surface area contributed by atoms with Gasteiger partial charge in [0.1, 0.15) is 10.9 Å². The average Bonchev–Trinajstić information content (AvgIpc) is 2.72. The molecule has 22 heavy (non-hydrogen) atoms. The van der Waals surface area contributed by atoms with Gasteiger partial charge in [-0.05, 0) is 48.2 Å². The Kier molecular flexibility index (Phi) is 4.24. The summed E-state index contributed by atoms with van der Waals surface area (Å²) in [5, 5.41) is 5.58. The molecule has 0 N–H and O–H groups in total. The van der Waals surface area contributed by atoms with Gasteiger partial charge in [0, 0.05) is 13.1 Å². The molecule has 0 spiro atoms. The molecule has 0 aliphatic carbocycles. The van der Waals surface area contributed by atoms with Crippen molar-refractivity contribution in [3.8, 4) is 0 Å². The molecule has 1 aliphatic rings. The number of aromatic nitrogens is 4. The van der Waals surface area contributed by atoms with Gasteiger partial charge in [0.05, 0.1) is 17.1 Å². The van der Waals surface area contributed by atoms with Crippen molar-refractivity contribution < 1.29 is 4.79 Å². The highest BCUT2D eigenvalue weighted by molar-refractivity contribution is 9.10. The molecule has 1 aliphatic heterocycles. The van der Waals surface area contributed by atoms with Crippen molar-refractivity contribution >= 4 is 32.9 Å². The molecule has 0 radical (unpaired) electrons. The summed E-state index contributed by atoms with van der Waals surface area (Å²) >= 11 is 3.51. The van der Waals surface area contributed by atoms with E-state index in [-0.39, 0.29) is 11.9 Å². The monoisotopic (exact) mass is 363 g/mol. The number of amides is 1. The lowest BCUT2D eigenvalue weighted by Gasteiger charge is -2.19. The van der Waals surface area contributed by atoms with Crippen LogP contribution >= 0.6 is 15.9 Å². The van der Waals surface area contributed by atoms with Gasteiger partial charge in [-0.15, -0.1) is 0 Å². The largest absolute Gasteiger partial charge is 0.339 e. The highest BCUT2D eigenvalue weighted by Gasteiger charge is 2.24. The molecule has 2 aromatic heterocycles. The van der Waals surface area contributed by atoms with Gasteiger partial charge < -0.3 is 4.90 Å². The minimum Gasteiger partial charge on any atom is -0.339 e. The first kappa shape index (κ1) is 15.1. The third-order valence-corrected chi connectivity index (χ3v) is 4.72. The standard InChI is InChI=1S/C15H18BrN5O/c1-3-12(22)20-7-4-5-11(6-8-20)21-15-13(14(16)19-21)10(2)17-9-18-15/h3,9,11H,1,4-8H2,2H3/t11-/m1/s1. The van der Waals surface area contributed by atoms with E-state index in [0.29, 0.717) is 0 Å². The summed E-state index contributed by atoms with van der Waals surface area (Å²) in [6.07, 6.45) is 5.76. The van der Waals surface area contributed by atoms with Gasteiger partial charge in [-0.3, -0.25) is 4.79 Å². The second kappa shape index (κ2) is 6.16. The first-order valence-corrected chi connectivity index (χ1v) is 8.17. The van der Waals surface area contributed by atoms with Gasteiger partial charge in [-0.25, -0.2) is 14.6 Å². The van der Waals surface area contributed by atoms with E-state index in [1.54, 1.807) is 6.33 Å². The molecule has 2 aromatic rings. The molecule has 0 bridgehead atoms. The number of halogens is 1. The van der Waals surface area contributed by atoms with E-state index in [9.17, 15) is 4.79 Å². The van der Waals surface area contributed by atoms with E-state index >= 15 is 0 Å². The number of rotatable bonds is 2. The van der Waals surface area contributed by atoms with Crippen LogP contribution in [0.5, 0.6) is 0 Å². The van der Waals surface area contributed by atoms with Crippen molar-refractivity contribution in [2.24, 2.45) is 0 Å². The summed E-state index contributed by atoms with van der Waals surface area (Å²) in [7, 11) is 0. The minimum atomic E-state index is 0.00493. The van der Waals surface area contributed by atoms with Crippen LogP contribution in [0.1, 0.15) is 31.0 Å². The number of hydrogen-bond donors (Lipinski definition) is 0. The van der Waals surface area contributed by atoms with Crippen LogP contribution < -0.4 is 0 Å². The maximum absolute atomic E-state index is 11.8. The van der Waals surface area contributed by atoms with Crippen molar-refractivity contribution in [1.29, 1.82) is 0 Å². The lowest BCUT2D eigenvalue weighted by Crippen LogP contribution is -2.30. The van der Waals surface area contributed by atoms with Crippen molar-refractivity contribution in [3.63, 3.8) is 0 Å². The van der Waals surface area contributed by atoms with Crippen LogP contribution in [-0.2, 0) is 4.79 Å². The van der Waals surface area contributed by atoms with E-state index in [1.807, 2.05) is 16.5 Å². The van der Waals surface area contributed by atoms with Gasteiger partial charge in [0.2, 0.25) is 5.91 Å². The second-order valence-electron chi connectivity index (χ2n) is 5.51. The maximum atomic E-state index is 11.8. The Bertz CT molecular complexity index is 726. The number of fused-ring (bicyclic) bond motifs is 1. The molecule has 1 saturated heterocycles. The summed E-state index contributed by atoms with van der Waals surface area (Å²) in [6, 6.07) is 0.241. The number of aryl methyl sites for hydroxylation is 1. The predicted molar refractivity (Wildman–Crippen MR) is 87.4 cm³/mol. The minimum absolute atomic E-state index is 0.00493. The number of carbonyl (C=O) groups excluding carboxylic acids is 1. The molecule has 3 heterocycles. The molecular formula is C15H18BrN5O. The molecule has 3 rings (SSSR count). The van der Waals surface area contributed by atoms with Crippen LogP contribution in [0, 0.1) is 6.92 Å². The fraction of sp³-hybridized carbons (Fsp3) is 0.467. The topological polar surface area (TPSA) is 63.9 Å². The van der Waals surface area contributed by atoms with E-state index in [4.69, 9.17) is 0 Å². The zero-order chi connectivity index (χ0) is 15.7. The van der Waals surface area contributed by atoms with Crippen LogP contribution in [0.15, 0.2) is 23.6 Å². The zero-order valence-electron chi connectivity index (χ0n) is 12.5. The zero-order valence-corrected chi connectivity index (χ0v) is 14.1. The number of carbonyl (C=O) groups is 1. The van der Waals surface area contributed by atoms with Gasteiger partial charge >= 0.3 is 0 Å². The first-order chi connectivity index (χ1) is 10.6. The molecule has 1 fully saturated rings. The van der Waals surface area contributed by atoms with Crippen LogP contribution in [0.2, 0.25) is 0 Å². The highest BCUT2D eigenvalue weighted by atomic mass is 79.9. The molecule has 0 unspecified atom stereocenters. The Labute approximate surface area is 137 Å². The molecule has 7 heteroatoms. The third kappa shape index (κ3) is 2.65. The van der Waals surface area contributed by atoms with Crippen molar-refractivity contribution in [3.05, 3.63) is 29.3 Å². The Morgan fingerprint density at radius 3 is 3.00 bits per heavy atom. The molecule has 0 aromatic carbocycles. The fourth-order valence-corrected chi connectivity index (χ4v) is 3.63. The normalized spacial score (nSPS) is 19.2. The lowest BCUT2D eigenvalue weighted by molar-refractivity contribution is -0.125. The third-order valence-electron chi connectivity index (χ3n) is 4.17. The van der Waals surface area contributed by atoms with Crippen LogP contribution in [0.25, 0.3) is 11.0 Å². The first-order valence-electron chi connectivity index (χ1n) is 7.38. The predicted octanol–water partition coefficient (Wildman–Crippen LogP) is 2.64. The SMILES string of the molecule is C=CC(=O)N1CCC[C@@H](n2nc(Br)c3c(C)ncnc32)CC1. The fourth-order valence-electron chi connectivity index (χ4n) is 3.00. The highest BCUT2D eigenvalue weighted by Crippen LogP contribution is 2.30. The summed E-state index contributed by atoms with van der Waals surface area (Å²) < 4.78 is 2.76. The molecular weight excluding hydrogens is 346 g/mol. The number of hydrogen-bond acceptors (Lipinski definition) is 4. The van der Waals surface area contributed by atoms with Crippen molar-refractivity contribution in [1.82, 2.24) is 24.6 Å². The second-order valence-corrected chi connectivity index (χ2v) is 6.26. The lowest BCUT2D eigenvalue weighted by atomic mass is 10.1. The van der Waals surface area contributed by atoms with Crippen molar-refractivity contribution in [2.75, 3.05) is 13.1 Å². The smallest absolute Gasteiger partial charge is 0.245 e. The van der Waals surface area contributed by atoms with E-state index in [1.165, 1.54) is 6.08 Å². The van der Waals surface area contributed by atoms with Crippen LogP contribution in [0.3, 0.4) is 0 Å². The summed E-state index contributed by atoms with van der Waals surface area (Å²) in [5.41, 5.74) is 1.77. The van der Waals surface area contributed by atoms with E-state index in [2.05, 4.69) is 37.6 Å². The van der Waals surface area contributed by atoms with Gasteiger partial charge in [0.15, 0.2) is 5.65 Å². The van der Waals surface area contributed by atoms with Crippen LogP contribution in [0.4, 0.5) is 0 Å². The molecule has 6 nitrogen and oxygen atoms in total. The molecule has 0 saturated carbocycles. The van der Waals surface area contributed by atoms with Gasteiger partial charge in [-0.2, -0.15) is 5.10 Å². The average molecular weight is 364 g/mol. The summed E-state index contributed by atoms with van der Waals surface area (Å²) in [5.74, 6) is 0.00493. The van der Waals surface area contributed by atoms with Crippen molar-refractivity contribution in [2.45, 2.75) is 32.2 Å². The van der Waals surface area contributed by atoms with Crippen LogP contribution in [-0.4, -0.2) is 43.6 Å². The Balaban J connectivity index is 1.90.